The van der Waals surface area contributed by atoms with E-state index in [1.54, 1.807) is 24.3 Å². The number of aromatic amines is 1. The van der Waals surface area contributed by atoms with Gasteiger partial charge in [-0.3, -0.25) is 9.89 Å². The van der Waals surface area contributed by atoms with E-state index in [0.29, 0.717) is 11.1 Å². The molecule has 1 fully saturated rings. The number of carbonyl (C=O) groups is 1. The van der Waals surface area contributed by atoms with Gasteiger partial charge in [0, 0.05) is 18.7 Å². The van der Waals surface area contributed by atoms with Gasteiger partial charge in [-0.15, -0.1) is 0 Å². The van der Waals surface area contributed by atoms with E-state index in [4.69, 9.17) is 0 Å². The van der Waals surface area contributed by atoms with Crippen LogP contribution in [0, 0.1) is 0 Å². The molecule has 1 amide bonds. The molecular weight excluding hydrogens is 316 g/mol. The summed E-state index contributed by atoms with van der Waals surface area (Å²) in [5.41, 5.74) is 1.08. The number of rotatable bonds is 4. The first-order valence-electron chi connectivity index (χ1n) is 7.52. The zero-order valence-electron chi connectivity index (χ0n) is 12.6. The minimum atomic E-state index is -3.59. The summed E-state index contributed by atoms with van der Waals surface area (Å²) in [6, 6.07) is 6.77. The van der Waals surface area contributed by atoms with E-state index in [1.807, 2.05) is 4.90 Å². The molecule has 0 aliphatic carbocycles. The summed E-state index contributed by atoms with van der Waals surface area (Å²) in [5, 5.41) is 5.76. The molecule has 23 heavy (non-hydrogen) atoms. The van der Waals surface area contributed by atoms with Crippen molar-refractivity contribution < 1.29 is 13.2 Å². The molecule has 7 nitrogen and oxygen atoms in total. The smallest absolute Gasteiger partial charge is 0.253 e. The SMILES string of the molecule is O=C(c1cccc(CS(=O)(=O)c2ncn[nH]2)c1)N1CCCCC1. The Balaban J connectivity index is 1.78. The second kappa shape index (κ2) is 6.49. The molecule has 8 heteroatoms. The maximum Gasteiger partial charge on any atom is 0.253 e. The number of H-pyrrole nitrogens is 1. The summed E-state index contributed by atoms with van der Waals surface area (Å²) in [4.78, 5) is 18.0. The maximum absolute atomic E-state index is 12.5. The Morgan fingerprint density at radius 2 is 2.00 bits per heavy atom. The molecule has 2 aromatic rings. The number of carbonyl (C=O) groups excluding carboxylic acids is 1. The quantitative estimate of drug-likeness (QED) is 0.912. The minimum Gasteiger partial charge on any atom is -0.339 e. The molecule has 1 N–H and O–H groups in total. The van der Waals surface area contributed by atoms with Crippen LogP contribution in [-0.4, -0.2) is 47.5 Å². The van der Waals surface area contributed by atoms with Gasteiger partial charge in [-0.2, -0.15) is 5.10 Å². The van der Waals surface area contributed by atoms with E-state index in [9.17, 15) is 13.2 Å². The van der Waals surface area contributed by atoms with Crippen LogP contribution < -0.4 is 0 Å². The van der Waals surface area contributed by atoms with Crippen molar-refractivity contribution in [1.29, 1.82) is 0 Å². The van der Waals surface area contributed by atoms with Crippen LogP contribution in [0.25, 0.3) is 0 Å². The molecule has 3 rings (SSSR count). The Morgan fingerprint density at radius 3 is 2.70 bits per heavy atom. The van der Waals surface area contributed by atoms with E-state index in [2.05, 4.69) is 15.2 Å². The molecule has 122 valence electrons. The van der Waals surface area contributed by atoms with Crippen molar-refractivity contribution in [2.24, 2.45) is 0 Å². The highest BCUT2D eigenvalue weighted by Gasteiger charge is 2.21. The lowest BCUT2D eigenvalue weighted by molar-refractivity contribution is 0.0724. The first kappa shape index (κ1) is 15.7. The van der Waals surface area contributed by atoms with E-state index in [-0.39, 0.29) is 16.8 Å². The molecule has 0 atom stereocenters. The lowest BCUT2D eigenvalue weighted by Crippen LogP contribution is -2.35. The van der Waals surface area contributed by atoms with Crippen LogP contribution in [0.4, 0.5) is 0 Å². The second-order valence-electron chi connectivity index (χ2n) is 5.60. The van der Waals surface area contributed by atoms with Gasteiger partial charge in [0.05, 0.1) is 5.75 Å². The average Bonchev–Trinajstić information content (AvgIpc) is 3.10. The fraction of sp³-hybridized carbons (Fsp3) is 0.400. The molecule has 1 aromatic heterocycles. The van der Waals surface area contributed by atoms with E-state index in [0.717, 1.165) is 38.7 Å². The summed E-state index contributed by atoms with van der Waals surface area (Å²) in [6.45, 7) is 1.53. The third-order valence-corrected chi connectivity index (χ3v) is 5.36. The number of amides is 1. The first-order chi connectivity index (χ1) is 11.1. The summed E-state index contributed by atoms with van der Waals surface area (Å²) in [5.74, 6) is -0.257. The van der Waals surface area contributed by atoms with Gasteiger partial charge < -0.3 is 4.90 Å². The number of benzene rings is 1. The summed E-state index contributed by atoms with van der Waals surface area (Å²) >= 11 is 0. The van der Waals surface area contributed by atoms with Crippen LogP contribution >= 0.6 is 0 Å². The fourth-order valence-electron chi connectivity index (χ4n) is 2.71. The average molecular weight is 334 g/mol. The molecule has 1 aliphatic heterocycles. The van der Waals surface area contributed by atoms with E-state index in [1.165, 1.54) is 0 Å². The predicted molar refractivity (Wildman–Crippen MR) is 83.5 cm³/mol. The summed E-state index contributed by atoms with van der Waals surface area (Å²) in [6.07, 6.45) is 4.35. The minimum absolute atomic E-state index is 0.0383. The number of aromatic nitrogens is 3. The highest BCUT2D eigenvalue weighted by molar-refractivity contribution is 7.90. The van der Waals surface area contributed by atoms with Gasteiger partial charge in [0.1, 0.15) is 6.33 Å². The fourth-order valence-corrected chi connectivity index (χ4v) is 3.86. The lowest BCUT2D eigenvalue weighted by atomic mass is 10.1. The van der Waals surface area contributed by atoms with Gasteiger partial charge in [-0.25, -0.2) is 13.4 Å². The van der Waals surface area contributed by atoms with Gasteiger partial charge in [0.25, 0.3) is 5.91 Å². The number of hydrogen-bond donors (Lipinski definition) is 1. The molecule has 1 aromatic carbocycles. The molecule has 0 saturated carbocycles. The Kier molecular flexibility index (Phi) is 4.42. The number of nitrogens with zero attached hydrogens (tertiary/aromatic N) is 3. The number of likely N-dealkylation sites (tertiary alicyclic amines) is 1. The third-order valence-electron chi connectivity index (χ3n) is 3.86. The van der Waals surface area contributed by atoms with Crippen molar-refractivity contribution >= 4 is 15.7 Å². The van der Waals surface area contributed by atoms with Crippen LogP contribution in [0.2, 0.25) is 0 Å². The van der Waals surface area contributed by atoms with E-state index < -0.39 is 9.84 Å². The molecule has 0 bridgehead atoms. The van der Waals surface area contributed by atoms with Crippen molar-refractivity contribution in [3.05, 3.63) is 41.7 Å². The van der Waals surface area contributed by atoms with Gasteiger partial charge in [-0.05, 0) is 37.0 Å². The largest absolute Gasteiger partial charge is 0.339 e. The van der Waals surface area contributed by atoms with Crippen molar-refractivity contribution in [2.45, 2.75) is 30.2 Å². The molecule has 0 radical (unpaired) electrons. The van der Waals surface area contributed by atoms with Gasteiger partial charge in [0.2, 0.25) is 15.0 Å². The number of nitrogens with one attached hydrogen (secondary N) is 1. The Morgan fingerprint density at radius 1 is 1.22 bits per heavy atom. The summed E-state index contributed by atoms with van der Waals surface area (Å²) < 4.78 is 24.4. The van der Waals surface area contributed by atoms with Gasteiger partial charge >= 0.3 is 0 Å². The maximum atomic E-state index is 12.5. The van der Waals surface area contributed by atoms with E-state index >= 15 is 0 Å². The standard InChI is InChI=1S/C15H18N4O3S/c20-14(19-7-2-1-3-8-19)13-6-4-5-12(9-13)10-23(21,22)15-16-11-17-18-15/h4-6,9,11H,1-3,7-8,10H2,(H,16,17,18). The Hall–Kier alpha value is -2.22. The predicted octanol–water partition coefficient (Wildman–Crippen LogP) is 1.40. The van der Waals surface area contributed by atoms with Gasteiger partial charge in [0.15, 0.2) is 0 Å². The van der Waals surface area contributed by atoms with Crippen LogP contribution in [0.15, 0.2) is 35.7 Å². The van der Waals surface area contributed by atoms with Crippen molar-refractivity contribution in [2.75, 3.05) is 13.1 Å². The lowest BCUT2D eigenvalue weighted by Gasteiger charge is -2.26. The van der Waals surface area contributed by atoms with Gasteiger partial charge in [-0.1, -0.05) is 12.1 Å². The Bertz CT molecular complexity index is 781. The monoisotopic (exact) mass is 334 g/mol. The molecule has 0 unspecified atom stereocenters. The molecule has 2 heterocycles. The third kappa shape index (κ3) is 3.58. The highest BCUT2D eigenvalue weighted by atomic mass is 32.2. The molecular formula is C15H18N4O3S. The Labute approximate surface area is 134 Å². The number of piperidine rings is 1. The molecule has 0 spiro atoms. The van der Waals surface area contributed by atoms with Crippen molar-refractivity contribution in [1.82, 2.24) is 20.1 Å². The second-order valence-corrected chi connectivity index (χ2v) is 7.51. The molecule has 1 saturated heterocycles. The van der Waals surface area contributed by atoms with Crippen LogP contribution in [0.1, 0.15) is 35.2 Å². The number of sulfone groups is 1. The highest BCUT2D eigenvalue weighted by Crippen LogP contribution is 2.17. The zero-order chi connectivity index (χ0) is 16.3. The first-order valence-corrected chi connectivity index (χ1v) is 9.18. The van der Waals surface area contributed by atoms with Crippen LogP contribution in [0.5, 0.6) is 0 Å². The number of hydrogen-bond acceptors (Lipinski definition) is 5. The topological polar surface area (TPSA) is 96.0 Å². The van der Waals surface area contributed by atoms with Crippen LogP contribution in [-0.2, 0) is 15.6 Å². The van der Waals surface area contributed by atoms with Crippen molar-refractivity contribution in [3.63, 3.8) is 0 Å². The zero-order valence-corrected chi connectivity index (χ0v) is 13.4. The van der Waals surface area contributed by atoms with Crippen LogP contribution in [0.3, 0.4) is 0 Å². The molecule has 1 aliphatic rings. The van der Waals surface area contributed by atoms with Crippen molar-refractivity contribution in [3.8, 4) is 0 Å². The summed E-state index contributed by atoms with van der Waals surface area (Å²) in [7, 11) is -3.59. The normalized spacial score (nSPS) is 15.6.